The van der Waals surface area contributed by atoms with Crippen molar-refractivity contribution in [1.82, 2.24) is 4.90 Å². The van der Waals surface area contributed by atoms with Gasteiger partial charge in [-0.05, 0) is 42.4 Å². The van der Waals surface area contributed by atoms with E-state index < -0.39 is 17.7 Å². The van der Waals surface area contributed by atoms with Gasteiger partial charge in [-0.25, -0.2) is 4.79 Å². The first-order chi connectivity index (χ1) is 11.7. The van der Waals surface area contributed by atoms with Crippen LogP contribution in [-0.4, -0.2) is 34.6 Å². The van der Waals surface area contributed by atoms with E-state index >= 15 is 0 Å². The second kappa shape index (κ2) is 6.27. The number of hydrogen-bond acceptors (Lipinski definition) is 3. The van der Waals surface area contributed by atoms with Crippen molar-refractivity contribution >= 4 is 23.4 Å². The molecule has 132 valence electrons. The Hall–Kier alpha value is -2.19. The van der Waals surface area contributed by atoms with Crippen LogP contribution in [0.25, 0.3) is 0 Å². The van der Waals surface area contributed by atoms with E-state index in [9.17, 15) is 9.90 Å². The molecule has 25 heavy (non-hydrogen) atoms. The molecular formula is C19H21ClN2O3. The normalized spacial score (nSPS) is 24.9. The Kier molecular flexibility index (Phi) is 4.42. The third kappa shape index (κ3) is 3.45. The summed E-state index contributed by atoms with van der Waals surface area (Å²) in [4.78, 5) is 18.4. The molecule has 6 heteroatoms. The third-order valence-corrected chi connectivity index (χ3v) is 4.75. The number of oxime groups is 1. The van der Waals surface area contributed by atoms with Crippen molar-refractivity contribution < 1.29 is 14.7 Å². The molecular weight excluding hydrogens is 340 g/mol. The van der Waals surface area contributed by atoms with E-state index in [0.29, 0.717) is 23.7 Å². The van der Waals surface area contributed by atoms with Crippen molar-refractivity contribution in [1.29, 1.82) is 0 Å². The smallest absolute Gasteiger partial charge is 0.410 e. The first-order valence-corrected chi connectivity index (χ1v) is 8.61. The lowest BCUT2D eigenvalue weighted by Crippen LogP contribution is -2.44. The minimum Gasteiger partial charge on any atom is -0.465 e. The fourth-order valence-electron chi connectivity index (χ4n) is 3.69. The predicted octanol–water partition coefficient (Wildman–Crippen LogP) is 4.21. The molecule has 1 fully saturated rings. The number of likely N-dealkylation sites (tertiary alicyclic amines) is 1. The molecule has 2 aliphatic heterocycles. The Balaban J connectivity index is 1.95. The minimum atomic E-state index is -0.986. The quantitative estimate of drug-likeness (QED) is 0.763. The number of hydrogen-bond donors (Lipinski definition) is 1. The number of rotatable bonds is 1. The number of halogens is 1. The highest BCUT2D eigenvalue weighted by Crippen LogP contribution is 2.50. The van der Waals surface area contributed by atoms with Crippen molar-refractivity contribution in [2.75, 3.05) is 6.54 Å². The summed E-state index contributed by atoms with van der Waals surface area (Å²) in [5.74, 6) is 6.20. The number of carbonyl (C=O) groups is 1. The van der Waals surface area contributed by atoms with Gasteiger partial charge >= 0.3 is 6.09 Å². The van der Waals surface area contributed by atoms with Crippen molar-refractivity contribution in [3.63, 3.8) is 0 Å². The fourth-order valence-corrected chi connectivity index (χ4v) is 3.88. The van der Waals surface area contributed by atoms with E-state index in [4.69, 9.17) is 16.4 Å². The zero-order chi connectivity index (χ0) is 18.2. The molecule has 2 unspecified atom stereocenters. The zero-order valence-corrected chi connectivity index (χ0v) is 15.3. The molecule has 0 radical (unpaired) electrons. The maximum absolute atomic E-state index is 11.5. The van der Waals surface area contributed by atoms with Gasteiger partial charge in [0.25, 0.3) is 0 Å². The SMILES string of the molecule is CC(C)(C)CC12CCN(C(=O)O)C1ON=C2C#Cc1cccc(Cl)c1. The monoisotopic (exact) mass is 360 g/mol. The van der Waals surface area contributed by atoms with E-state index in [2.05, 4.69) is 37.8 Å². The highest BCUT2D eigenvalue weighted by molar-refractivity contribution is 6.30. The lowest BCUT2D eigenvalue weighted by Gasteiger charge is -2.33. The molecule has 1 saturated heterocycles. The van der Waals surface area contributed by atoms with E-state index in [0.717, 1.165) is 12.0 Å². The number of fused-ring (bicyclic) bond motifs is 1. The summed E-state index contributed by atoms with van der Waals surface area (Å²) in [5.41, 5.74) is 0.898. The van der Waals surface area contributed by atoms with Crippen molar-refractivity contribution in [2.45, 2.75) is 39.8 Å². The average Bonchev–Trinajstić information content (AvgIpc) is 2.99. The van der Waals surface area contributed by atoms with Crippen LogP contribution < -0.4 is 0 Å². The Morgan fingerprint density at radius 3 is 2.88 bits per heavy atom. The molecule has 0 bridgehead atoms. The van der Waals surface area contributed by atoms with Gasteiger partial charge in [0, 0.05) is 17.1 Å². The van der Waals surface area contributed by atoms with Crippen LogP contribution in [0.5, 0.6) is 0 Å². The number of benzene rings is 1. The molecule has 5 nitrogen and oxygen atoms in total. The summed E-state index contributed by atoms with van der Waals surface area (Å²) in [6, 6.07) is 7.30. The number of carboxylic acid groups (broad SMARTS) is 1. The van der Waals surface area contributed by atoms with Gasteiger partial charge in [0.2, 0.25) is 6.23 Å². The molecule has 1 N–H and O–H groups in total. The van der Waals surface area contributed by atoms with Gasteiger partial charge < -0.3 is 9.94 Å². The molecule has 1 aromatic carbocycles. The van der Waals surface area contributed by atoms with Crippen LogP contribution in [0.1, 0.15) is 39.2 Å². The van der Waals surface area contributed by atoms with Gasteiger partial charge in [-0.15, -0.1) is 0 Å². The molecule has 2 heterocycles. The molecule has 2 aliphatic rings. The third-order valence-electron chi connectivity index (χ3n) is 4.51. The lowest BCUT2D eigenvalue weighted by molar-refractivity contribution is -0.0488. The Bertz CT molecular complexity index is 788. The topological polar surface area (TPSA) is 62.1 Å². The minimum absolute atomic E-state index is 0.0149. The van der Waals surface area contributed by atoms with E-state index in [1.54, 1.807) is 12.1 Å². The highest BCUT2D eigenvalue weighted by Gasteiger charge is 2.59. The van der Waals surface area contributed by atoms with Crippen LogP contribution >= 0.6 is 11.6 Å². The van der Waals surface area contributed by atoms with Gasteiger partial charge in [0.1, 0.15) is 5.71 Å². The molecule has 0 saturated carbocycles. The zero-order valence-electron chi connectivity index (χ0n) is 14.5. The maximum Gasteiger partial charge on any atom is 0.410 e. The van der Waals surface area contributed by atoms with Crippen molar-refractivity contribution in [3.8, 4) is 11.8 Å². The van der Waals surface area contributed by atoms with Crippen molar-refractivity contribution in [2.24, 2.45) is 16.0 Å². The maximum atomic E-state index is 11.5. The summed E-state index contributed by atoms with van der Waals surface area (Å²) in [6.07, 6.45) is -0.185. The van der Waals surface area contributed by atoms with E-state index in [-0.39, 0.29) is 5.41 Å². The Labute approximate surface area is 152 Å². The van der Waals surface area contributed by atoms with Gasteiger partial charge in [0.15, 0.2) is 0 Å². The van der Waals surface area contributed by atoms with Crippen LogP contribution in [-0.2, 0) is 4.84 Å². The van der Waals surface area contributed by atoms with Gasteiger partial charge in [0.05, 0.1) is 5.41 Å². The second-order valence-electron chi connectivity index (χ2n) is 7.78. The predicted molar refractivity (Wildman–Crippen MR) is 96.5 cm³/mol. The Morgan fingerprint density at radius 2 is 2.24 bits per heavy atom. The van der Waals surface area contributed by atoms with Gasteiger partial charge in [-0.1, -0.05) is 49.5 Å². The van der Waals surface area contributed by atoms with Crippen LogP contribution in [0.3, 0.4) is 0 Å². The highest BCUT2D eigenvalue weighted by atomic mass is 35.5. The first kappa shape index (κ1) is 17.6. The Morgan fingerprint density at radius 1 is 1.48 bits per heavy atom. The van der Waals surface area contributed by atoms with E-state index in [1.165, 1.54) is 4.90 Å². The van der Waals surface area contributed by atoms with Crippen molar-refractivity contribution in [3.05, 3.63) is 34.9 Å². The first-order valence-electron chi connectivity index (χ1n) is 8.23. The summed E-state index contributed by atoms with van der Waals surface area (Å²) in [7, 11) is 0. The van der Waals surface area contributed by atoms with Crippen LogP contribution in [0.15, 0.2) is 29.4 Å². The molecule has 0 aliphatic carbocycles. The summed E-state index contributed by atoms with van der Waals surface area (Å²) in [6.45, 7) is 6.81. The van der Waals surface area contributed by atoms with E-state index in [1.807, 2.05) is 12.1 Å². The molecule has 0 spiro atoms. The largest absolute Gasteiger partial charge is 0.465 e. The molecule has 0 aromatic heterocycles. The van der Waals surface area contributed by atoms with Gasteiger partial charge in [-0.2, -0.15) is 0 Å². The lowest BCUT2D eigenvalue weighted by atomic mass is 9.69. The molecule has 1 aromatic rings. The molecule has 2 atom stereocenters. The van der Waals surface area contributed by atoms with Crippen LogP contribution in [0.4, 0.5) is 4.79 Å². The summed E-state index contributed by atoms with van der Waals surface area (Å²) in [5, 5.41) is 14.2. The van der Waals surface area contributed by atoms with Crippen LogP contribution in [0.2, 0.25) is 5.02 Å². The standard InChI is InChI=1S/C19H21ClN2O3/c1-18(2,3)12-19-9-10-22(17(23)24)16(19)25-21-15(19)8-7-13-5-4-6-14(20)11-13/h4-6,11,16H,9-10,12H2,1-3H3,(H,23,24). The summed E-state index contributed by atoms with van der Waals surface area (Å²) >= 11 is 6.00. The molecule has 3 rings (SSSR count). The van der Waals surface area contributed by atoms with Crippen LogP contribution in [0, 0.1) is 22.7 Å². The number of nitrogens with zero attached hydrogens (tertiary/aromatic N) is 2. The fraction of sp³-hybridized carbons (Fsp3) is 0.474. The second-order valence-corrected chi connectivity index (χ2v) is 8.21. The average molecular weight is 361 g/mol. The summed E-state index contributed by atoms with van der Waals surface area (Å²) < 4.78 is 0. The number of amides is 1. The van der Waals surface area contributed by atoms with Gasteiger partial charge in [-0.3, -0.25) is 4.90 Å². The molecule has 1 amide bonds.